The predicted octanol–water partition coefficient (Wildman–Crippen LogP) is 3.33. The van der Waals surface area contributed by atoms with Gasteiger partial charge >= 0.3 is 0 Å². The third-order valence-corrected chi connectivity index (χ3v) is 5.04. The Morgan fingerprint density at radius 1 is 0.906 bits per heavy atom. The van der Waals surface area contributed by atoms with Crippen LogP contribution in [0.5, 0.6) is 17.2 Å². The molecule has 2 amide bonds. The molecule has 32 heavy (non-hydrogen) atoms. The number of benzene rings is 2. The molecule has 0 aromatic heterocycles. The fourth-order valence-electron chi connectivity index (χ4n) is 3.53. The molecule has 0 unspecified atom stereocenters. The lowest BCUT2D eigenvalue weighted by molar-refractivity contribution is -0.137. The fourth-order valence-corrected chi connectivity index (χ4v) is 3.53. The number of rotatable bonds is 11. The van der Waals surface area contributed by atoms with E-state index in [0.29, 0.717) is 53.7 Å². The average molecular weight is 440 g/mol. The van der Waals surface area contributed by atoms with Crippen LogP contribution in [-0.4, -0.2) is 57.8 Å². The molecule has 8 nitrogen and oxygen atoms in total. The molecule has 0 aliphatic carbocycles. The third kappa shape index (κ3) is 4.70. The predicted molar refractivity (Wildman–Crippen MR) is 121 cm³/mol. The molecule has 0 saturated carbocycles. The molecule has 2 aromatic rings. The normalized spacial score (nSPS) is 13.6. The molecule has 0 fully saturated rings. The number of ether oxygens (including phenoxy) is 4. The standard InChI is InChI=1S/C24H28N2O6/c1-5-32-13-9-12-26-23(27)20(16-10-7-6-8-11-16)21(24(26)28)25-17-14-18(29-2)22(31-4)19(15-17)30-3/h6-8,10-11,14-15,25H,5,9,12-13H2,1-4H3. The van der Waals surface area contributed by atoms with Crippen molar-refractivity contribution in [2.24, 2.45) is 0 Å². The Hall–Kier alpha value is -3.52. The fraction of sp³-hybridized carbons (Fsp3) is 0.333. The first-order valence-electron chi connectivity index (χ1n) is 10.4. The van der Waals surface area contributed by atoms with E-state index in [4.69, 9.17) is 18.9 Å². The van der Waals surface area contributed by atoms with E-state index in [9.17, 15) is 9.59 Å². The van der Waals surface area contributed by atoms with E-state index in [1.807, 2.05) is 25.1 Å². The van der Waals surface area contributed by atoms with Crippen molar-refractivity contribution in [3.05, 3.63) is 53.7 Å². The van der Waals surface area contributed by atoms with E-state index in [0.717, 1.165) is 0 Å². The zero-order valence-electron chi connectivity index (χ0n) is 18.8. The highest BCUT2D eigenvalue weighted by molar-refractivity contribution is 6.36. The van der Waals surface area contributed by atoms with Gasteiger partial charge in [0.25, 0.3) is 11.8 Å². The van der Waals surface area contributed by atoms with E-state index in [2.05, 4.69) is 5.32 Å². The minimum Gasteiger partial charge on any atom is -0.493 e. The maximum Gasteiger partial charge on any atom is 0.278 e. The molecule has 0 saturated heterocycles. The van der Waals surface area contributed by atoms with Crippen molar-refractivity contribution in [1.82, 2.24) is 4.90 Å². The van der Waals surface area contributed by atoms with Crippen molar-refractivity contribution in [2.75, 3.05) is 46.4 Å². The summed E-state index contributed by atoms with van der Waals surface area (Å²) in [5.41, 5.74) is 1.71. The van der Waals surface area contributed by atoms with Crippen molar-refractivity contribution in [3.63, 3.8) is 0 Å². The second-order valence-corrected chi connectivity index (χ2v) is 6.97. The van der Waals surface area contributed by atoms with Gasteiger partial charge in [0.1, 0.15) is 5.70 Å². The van der Waals surface area contributed by atoms with Crippen LogP contribution >= 0.6 is 0 Å². The first kappa shape index (κ1) is 23.1. The minimum absolute atomic E-state index is 0.201. The monoisotopic (exact) mass is 440 g/mol. The first-order valence-corrected chi connectivity index (χ1v) is 10.4. The molecule has 1 aliphatic heterocycles. The van der Waals surface area contributed by atoms with Gasteiger partial charge in [-0.15, -0.1) is 0 Å². The SMILES string of the molecule is CCOCCCN1C(=O)C(Nc2cc(OC)c(OC)c(OC)c2)=C(c2ccccc2)C1=O. The van der Waals surface area contributed by atoms with Crippen LogP contribution in [0.25, 0.3) is 5.57 Å². The molecule has 1 N–H and O–H groups in total. The molecular weight excluding hydrogens is 412 g/mol. The summed E-state index contributed by atoms with van der Waals surface area (Å²) in [5.74, 6) is 0.569. The summed E-state index contributed by atoms with van der Waals surface area (Å²) in [6.45, 7) is 3.24. The van der Waals surface area contributed by atoms with Crippen LogP contribution in [0.3, 0.4) is 0 Å². The van der Waals surface area contributed by atoms with Crippen LogP contribution in [0, 0.1) is 0 Å². The molecule has 2 aromatic carbocycles. The number of imide groups is 1. The highest BCUT2D eigenvalue weighted by atomic mass is 16.5. The van der Waals surface area contributed by atoms with Crippen LogP contribution in [0.1, 0.15) is 18.9 Å². The van der Waals surface area contributed by atoms with Crippen molar-refractivity contribution in [2.45, 2.75) is 13.3 Å². The van der Waals surface area contributed by atoms with E-state index in [-0.39, 0.29) is 24.1 Å². The molecule has 170 valence electrons. The molecule has 0 atom stereocenters. The van der Waals surface area contributed by atoms with Gasteiger partial charge in [-0.05, 0) is 18.9 Å². The van der Waals surface area contributed by atoms with Crippen molar-refractivity contribution < 1.29 is 28.5 Å². The molecule has 0 spiro atoms. The molecule has 1 aliphatic rings. The summed E-state index contributed by atoms with van der Waals surface area (Å²) >= 11 is 0. The molecule has 0 radical (unpaired) electrons. The Kier molecular flexibility index (Phi) is 7.72. The van der Waals surface area contributed by atoms with Gasteiger partial charge in [0, 0.05) is 37.6 Å². The van der Waals surface area contributed by atoms with Crippen LogP contribution in [0.2, 0.25) is 0 Å². The van der Waals surface area contributed by atoms with Gasteiger partial charge in [0.05, 0.1) is 26.9 Å². The quantitative estimate of drug-likeness (QED) is 0.424. The maximum atomic E-state index is 13.3. The Balaban J connectivity index is 1.99. The van der Waals surface area contributed by atoms with Gasteiger partial charge in [-0.25, -0.2) is 0 Å². The van der Waals surface area contributed by atoms with Gasteiger partial charge in [0.2, 0.25) is 5.75 Å². The Bertz CT molecular complexity index is 978. The lowest BCUT2D eigenvalue weighted by Crippen LogP contribution is -2.34. The summed E-state index contributed by atoms with van der Waals surface area (Å²) in [6.07, 6.45) is 0.560. The van der Waals surface area contributed by atoms with Crippen LogP contribution in [0.15, 0.2) is 48.2 Å². The minimum atomic E-state index is -0.390. The van der Waals surface area contributed by atoms with Crippen molar-refractivity contribution >= 4 is 23.1 Å². The number of nitrogens with zero attached hydrogens (tertiary/aromatic N) is 1. The third-order valence-electron chi connectivity index (χ3n) is 5.04. The van der Waals surface area contributed by atoms with Gasteiger partial charge < -0.3 is 24.3 Å². The van der Waals surface area contributed by atoms with Crippen LogP contribution < -0.4 is 19.5 Å². The van der Waals surface area contributed by atoms with Gasteiger partial charge in [-0.3, -0.25) is 14.5 Å². The number of anilines is 1. The number of hydrogen-bond acceptors (Lipinski definition) is 7. The molecule has 3 rings (SSSR count). The van der Waals surface area contributed by atoms with Crippen molar-refractivity contribution in [3.8, 4) is 17.2 Å². The average Bonchev–Trinajstić information content (AvgIpc) is 3.05. The zero-order chi connectivity index (χ0) is 23.1. The number of carbonyl (C=O) groups is 2. The summed E-state index contributed by atoms with van der Waals surface area (Å²) in [5, 5.41) is 3.12. The summed E-state index contributed by atoms with van der Waals surface area (Å²) in [7, 11) is 4.54. The number of amides is 2. The topological polar surface area (TPSA) is 86.3 Å². The van der Waals surface area contributed by atoms with E-state index in [1.54, 1.807) is 24.3 Å². The van der Waals surface area contributed by atoms with Crippen LogP contribution in [0.4, 0.5) is 5.69 Å². The first-order chi connectivity index (χ1) is 15.5. The van der Waals surface area contributed by atoms with E-state index >= 15 is 0 Å². The van der Waals surface area contributed by atoms with Gasteiger partial charge in [-0.1, -0.05) is 30.3 Å². The highest BCUT2D eigenvalue weighted by Crippen LogP contribution is 2.41. The Morgan fingerprint density at radius 3 is 2.12 bits per heavy atom. The van der Waals surface area contributed by atoms with Crippen molar-refractivity contribution in [1.29, 1.82) is 0 Å². The van der Waals surface area contributed by atoms with Gasteiger partial charge in [0.15, 0.2) is 11.5 Å². The molecule has 0 bridgehead atoms. The maximum absolute atomic E-state index is 13.3. The Morgan fingerprint density at radius 2 is 1.56 bits per heavy atom. The number of hydrogen-bond donors (Lipinski definition) is 1. The second kappa shape index (κ2) is 10.7. The number of carbonyl (C=O) groups excluding carboxylic acids is 2. The smallest absolute Gasteiger partial charge is 0.278 e. The Labute approximate surface area is 187 Å². The lowest BCUT2D eigenvalue weighted by Gasteiger charge is -2.16. The molecular formula is C24H28N2O6. The summed E-state index contributed by atoms with van der Waals surface area (Å²) in [6, 6.07) is 12.5. The summed E-state index contributed by atoms with van der Waals surface area (Å²) in [4.78, 5) is 27.7. The van der Waals surface area contributed by atoms with E-state index in [1.165, 1.54) is 26.2 Å². The number of nitrogens with one attached hydrogen (secondary N) is 1. The second-order valence-electron chi connectivity index (χ2n) is 6.97. The van der Waals surface area contributed by atoms with Gasteiger partial charge in [-0.2, -0.15) is 0 Å². The lowest BCUT2D eigenvalue weighted by atomic mass is 10.0. The molecule has 1 heterocycles. The molecule has 8 heteroatoms. The van der Waals surface area contributed by atoms with E-state index < -0.39 is 0 Å². The zero-order valence-corrected chi connectivity index (χ0v) is 18.8. The summed E-state index contributed by atoms with van der Waals surface area (Å²) < 4.78 is 21.5. The largest absolute Gasteiger partial charge is 0.493 e. The number of methoxy groups -OCH3 is 3. The van der Waals surface area contributed by atoms with Crippen LogP contribution in [-0.2, 0) is 14.3 Å². The highest BCUT2D eigenvalue weighted by Gasteiger charge is 2.39.